The van der Waals surface area contributed by atoms with E-state index in [-0.39, 0.29) is 17.5 Å². The lowest BCUT2D eigenvalue weighted by Crippen LogP contribution is -2.71. The van der Waals surface area contributed by atoms with Crippen molar-refractivity contribution < 1.29 is 4.79 Å². The van der Waals surface area contributed by atoms with Crippen LogP contribution in [0.15, 0.2) is 30.3 Å². The van der Waals surface area contributed by atoms with E-state index in [2.05, 4.69) is 45.4 Å². The number of amides is 2. The molecule has 5 aliphatic heterocycles. The molecule has 1 N–H and O–H groups in total. The number of urea groups is 1. The zero-order valence-electron chi connectivity index (χ0n) is 15.6. The van der Waals surface area contributed by atoms with Crippen molar-refractivity contribution in [3.63, 3.8) is 0 Å². The van der Waals surface area contributed by atoms with Gasteiger partial charge in [-0.05, 0) is 24.8 Å². The molecule has 26 heavy (non-hydrogen) atoms. The first kappa shape index (κ1) is 16.6. The summed E-state index contributed by atoms with van der Waals surface area (Å²) in [6.07, 6.45) is 3.55. The van der Waals surface area contributed by atoms with Crippen molar-refractivity contribution in [3.05, 3.63) is 35.9 Å². The number of rotatable bonds is 2. The molecule has 5 fully saturated rings. The molecule has 1 aromatic rings. The molecule has 0 aliphatic carbocycles. The first-order valence-electron chi connectivity index (χ1n) is 10.3. The fraction of sp³-hybridized carbons (Fsp3) is 0.667. The Morgan fingerprint density at radius 2 is 1.58 bits per heavy atom. The van der Waals surface area contributed by atoms with Crippen LogP contribution >= 0.6 is 0 Å². The van der Waals surface area contributed by atoms with Gasteiger partial charge in [0.25, 0.3) is 0 Å². The summed E-state index contributed by atoms with van der Waals surface area (Å²) in [5, 5.41) is 3.53. The van der Waals surface area contributed by atoms with Crippen molar-refractivity contribution in [2.24, 2.45) is 5.92 Å². The van der Waals surface area contributed by atoms with Crippen LogP contribution in [0, 0.1) is 5.92 Å². The Kier molecular flexibility index (Phi) is 4.17. The number of fused-ring (bicyclic) bond motifs is 1. The van der Waals surface area contributed by atoms with E-state index in [4.69, 9.17) is 0 Å². The molecule has 2 amide bonds. The molecule has 5 saturated heterocycles. The van der Waals surface area contributed by atoms with Gasteiger partial charge >= 0.3 is 6.03 Å². The highest BCUT2D eigenvalue weighted by molar-refractivity contribution is 5.75. The Morgan fingerprint density at radius 3 is 2.23 bits per heavy atom. The topological polar surface area (TPSA) is 38.8 Å². The number of nitrogens with zero attached hydrogens (tertiary/aromatic N) is 3. The SMILES string of the molecule is O=C(N[C@@H]1C2CN3CCN(C2)CC1(c1ccccc1)C3)N1CCCCC1. The van der Waals surface area contributed by atoms with E-state index < -0.39 is 0 Å². The number of hydrogen-bond donors (Lipinski definition) is 1. The number of carbonyl (C=O) groups excluding carboxylic acids is 1. The highest BCUT2D eigenvalue weighted by atomic mass is 16.2. The van der Waals surface area contributed by atoms with Crippen LogP contribution in [0.1, 0.15) is 24.8 Å². The van der Waals surface area contributed by atoms with Crippen molar-refractivity contribution >= 4 is 6.03 Å². The molecule has 3 atom stereocenters. The van der Waals surface area contributed by atoms with Gasteiger partial charge in [0.05, 0.1) is 0 Å². The third-order valence-corrected chi connectivity index (χ3v) is 7.07. The van der Waals surface area contributed by atoms with Gasteiger partial charge in [0.15, 0.2) is 0 Å². The van der Waals surface area contributed by atoms with Crippen molar-refractivity contribution in [1.82, 2.24) is 20.0 Å². The Bertz CT molecular complexity index is 641. The van der Waals surface area contributed by atoms with Crippen molar-refractivity contribution in [2.75, 3.05) is 52.4 Å². The minimum Gasteiger partial charge on any atom is -0.334 e. The third-order valence-electron chi connectivity index (χ3n) is 7.07. The standard InChI is InChI=1S/C21H30N4O/c26-20(25-9-5-2-6-10-25)22-19-17-13-23-11-12-24(14-17)16-21(19,15-23)18-7-3-1-4-8-18/h1,3-4,7-8,17,19H,2,5-6,9-16H2,(H,22,26)/t17?,19-,21?/m1/s1. The Balaban J connectivity index is 1.47. The Labute approximate surface area is 156 Å². The molecule has 140 valence electrons. The number of benzene rings is 1. The monoisotopic (exact) mass is 354 g/mol. The lowest BCUT2D eigenvalue weighted by atomic mass is 9.64. The van der Waals surface area contributed by atoms with E-state index in [9.17, 15) is 4.79 Å². The fourth-order valence-electron chi connectivity index (χ4n) is 5.89. The molecule has 4 bridgehead atoms. The molecule has 0 aromatic heterocycles. The largest absolute Gasteiger partial charge is 0.334 e. The van der Waals surface area contributed by atoms with Gasteiger partial charge in [-0.1, -0.05) is 30.3 Å². The number of piperidine rings is 3. The molecule has 2 unspecified atom stereocenters. The molecule has 5 aliphatic rings. The zero-order chi connectivity index (χ0) is 17.6. The van der Waals surface area contributed by atoms with Gasteiger partial charge in [0.2, 0.25) is 0 Å². The average molecular weight is 354 g/mol. The maximum Gasteiger partial charge on any atom is 0.317 e. The van der Waals surface area contributed by atoms with Gasteiger partial charge in [-0.15, -0.1) is 0 Å². The first-order chi connectivity index (χ1) is 12.7. The van der Waals surface area contributed by atoms with Gasteiger partial charge in [-0.2, -0.15) is 0 Å². The summed E-state index contributed by atoms with van der Waals surface area (Å²) in [6.45, 7) is 8.53. The van der Waals surface area contributed by atoms with E-state index in [1.165, 1.54) is 12.0 Å². The van der Waals surface area contributed by atoms with E-state index in [1.807, 2.05) is 4.90 Å². The van der Waals surface area contributed by atoms with Crippen molar-refractivity contribution in [2.45, 2.75) is 30.7 Å². The first-order valence-corrected chi connectivity index (χ1v) is 10.3. The Morgan fingerprint density at radius 1 is 0.923 bits per heavy atom. The van der Waals surface area contributed by atoms with Gasteiger partial charge in [0, 0.05) is 69.7 Å². The van der Waals surface area contributed by atoms with E-state index >= 15 is 0 Å². The second-order valence-electron chi connectivity index (χ2n) is 8.73. The lowest BCUT2D eigenvalue weighted by molar-refractivity contribution is 0.0203. The molecule has 5 nitrogen and oxygen atoms in total. The molecule has 0 saturated carbocycles. The molecule has 5 heteroatoms. The minimum atomic E-state index is 0.0182. The molecule has 1 aromatic carbocycles. The minimum absolute atomic E-state index is 0.0182. The van der Waals surface area contributed by atoms with Crippen LogP contribution in [0.25, 0.3) is 0 Å². The predicted molar refractivity (Wildman–Crippen MR) is 102 cm³/mol. The molecule has 0 radical (unpaired) electrons. The third kappa shape index (κ3) is 2.72. The normalized spacial score (nSPS) is 38.8. The van der Waals surface area contributed by atoms with Crippen LogP contribution in [-0.2, 0) is 5.41 Å². The fourth-order valence-corrected chi connectivity index (χ4v) is 5.89. The highest BCUT2D eigenvalue weighted by Crippen LogP contribution is 2.43. The van der Waals surface area contributed by atoms with Gasteiger partial charge in [-0.3, -0.25) is 0 Å². The van der Waals surface area contributed by atoms with Crippen LogP contribution in [0.2, 0.25) is 0 Å². The number of carbonyl (C=O) groups is 1. The van der Waals surface area contributed by atoms with Crippen LogP contribution in [-0.4, -0.2) is 79.1 Å². The van der Waals surface area contributed by atoms with Gasteiger partial charge in [0.1, 0.15) is 0 Å². The smallest absolute Gasteiger partial charge is 0.317 e. The zero-order valence-corrected chi connectivity index (χ0v) is 15.6. The molecular weight excluding hydrogens is 324 g/mol. The predicted octanol–water partition coefficient (Wildman–Crippen LogP) is 1.75. The average Bonchev–Trinajstić information content (AvgIpc) is 2.94. The molecule has 5 heterocycles. The van der Waals surface area contributed by atoms with Crippen molar-refractivity contribution in [1.29, 1.82) is 0 Å². The lowest BCUT2D eigenvalue weighted by Gasteiger charge is -2.56. The van der Waals surface area contributed by atoms with E-state index in [0.29, 0.717) is 5.92 Å². The number of hydrogen-bond acceptors (Lipinski definition) is 3. The second-order valence-corrected chi connectivity index (χ2v) is 8.73. The highest BCUT2D eigenvalue weighted by Gasteiger charge is 2.55. The summed E-state index contributed by atoms with van der Waals surface area (Å²) in [6, 6.07) is 11.4. The summed E-state index contributed by atoms with van der Waals surface area (Å²) in [4.78, 5) is 20.3. The summed E-state index contributed by atoms with van der Waals surface area (Å²) >= 11 is 0. The number of nitrogens with one attached hydrogen (secondary N) is 1. The van der Waals surface area contributed by atoms with Crippen LogP contribution < -0.4 is 5.32 Å². The summed E-state index contributed by atoms with van der Waals surface area (Å²) < 4.78 is 0. The van der Waals surface area contributed by atoms with Crippen LogP contribution in [0.5, 0.6) is 0 Å². The second kappa shape index (κ2) is 6.54. The maximum absolute atomic E-state index is 13.0. The van der Waals surface area contributed by atoms with E-state index in [1.54, 1.807) is 0 Å². The van der Waals surface area contributed by atoms with Gasteiger partial charge < -0.3 is 20.0 Å². The maximum atomic E-state index is 13.0. The van der Waals surface area contributed by atoms with Crippen molar-refractivity contribution in [3.8, 4) is 0 Å². The molecule has 6 rings (SSSR count). The summed E-state index contributed by atoms with van der Waals surface area (Å²) in [7, 11) is 0. The summed E-state index contributed by atoms with van der Waals surface area (Å²) in [5.41, 5.74) is 1.41. The van der Waals surface area contributed by atoms with Crippen LogP contribution in [0.4, 0.5) is 4.79 Å². The number of likely N-dealkylation sites (tertiary alicyclic amines) is 1. The van der Waals surface area contributed by atoms with Crippen LogP contribution in [0.3, 0.4) is 0 Å². The molecular formula is C21H30N4O. The van der Waals surface area contributed by atoms with E-state index in [0.717, 1.165) is 65.2 Å². The Hall–Kier alpha value is -1.59. The van der Waals surface area contributed by atoms with Gasteiger partial charge in [-0.25, -0.2) is 4.79 Å². The molecule has 0 spiro atoms. The summed E-state index contributed by atoms with van der Waals surface area (Å²) in [5.74, 6) is 0.522. The quantitative estimate of drug-likeness (QED) is 0.879.